The second-order valence-corrected chi connectivity index (χ2v) is 9.17. The number of hydrogen-bond acceptors (Lipinski definition) is 5. The number of benzene rings is 4. The lowest BCUT2D eigenvalue weighted by molar-refractivity contribution is -0.118. The van der Waals surface area contributed by atoms with Crippen LogP contribution in [0.2, 0.25) is 0 Å². The van der Waals surface area contributed by atoms with E-state index in [0.717, 1.165) is 16.7 Å². The number of aryl methyl sites for hydroxylation is 1. The second kappa shape index (κ2) is 19.0. The second-order valence-electron chi connectivity index (χ2n) is 9.17. The molecule has 0 fully saturated rings. The molecule has 0 aliphatic heterocycles. The molecule has 1 unspecified atom stereocenters. The zero-order valence-corrected chi connectivity index (χ0v) is 24.8. The summed E-state index contributed by atoms with van der Waals surface area (Å²) < 4.78 is 17.0. The van der Waals surface area contributed by atoms with Gasteiger partial charge in [0.15, 0.2) is 11.5 Å². The van der Waals surface area contributed by atoms with Crippen molar-refractivity contribution >= 4 is 6.41 Å². The molecule has 0 heterocycles. The molecule has 0 spiro atoms. The monoisotopic (exact) mass is 557 g/mol. The van der Waals surface area contributed by atoms with Crippen molar-refractivity contribution in [2.24, 2.45) is 0 Å². The van der Waals surface area contributed by atoms with Crippen LogP contribution in [0.25, 0.3) is 0 Å². The van der Waals surface area contributed by atoms with Crippen LogP contribution in [-0.4, -0.2) is 37.1 Å². The summed E-state index contributed by atoms with van der Waals surface area (Å²) >= 11 is 0. The highest BCUT2D eigenvalue weighted by molar-refractivity contribution is 5.47. The Morgan fingerprint density at radius 3 is 1.90 bits per heavy atom. The van der Waals surface area contributed by atoms with Crippen molar-refractivity contribution in [2.45, 2.75) is 46.7 Å². The number of nitrogens with zero attached hydrogens (tertiary/aromatic N) is 1. The maximum absolute atomic E-state index is 10.9. The number of carbonyl (C=O) groups excluding carboxylic acids is 1. The summed E-state index contributed by atoms with van der Waals surface area (Å²) in [5, 5.41) is 10.5. The van der Waals surface area contributed by atoms with E-state index in [-0.39, 0.29) is 6.54 Å². The molecule has 1 atom stereocenters. The van der Waals surface area contributed by atoms with Gasteiger partial charge in [0.1, 0.15) is 13.2 Å². The normalized spacial score (nSPS) is 10.7. The molecular formula is C35H43NO5. The number of aliphatic hydroxyl groups is 1. The number of ether oxygens (including phenoxy) is 3. The molecule has 4 aromatic rings. The first-order chi connectivity index (χ1) is 20.0. The van der Waals surface area contributed by atoms with Gasteiger partial charge in [-0.15, -0.1) is 0 Å². The fourth-order valence-corrected chi connectivity index (χ4v) is 3.79. The number of methoxy groups -OCH3 is 1. The smallest absolute Gasteiger partial charge is 0.209 e. The molecule has 0 aliphatic carbocycles. The highest BCUT2D eigenvalue weighted by Crippen LogP contribution is 2.32. The average molecular weight is 558 g/mol. The third-order valence-corrected chi connectivity index (χ3v) is 6.03. The lowest BCUT2D eigenvalue weighted by atomic mass is 10.1. The van der Waals surface area contributed by atoms with Crippen molar-refractivity contribution in [3.05, 3.63) is 131 Å². The van der Waals surface area contributed by atoms with Gasteiger partial charge in [0.2, 0.25) is 6.41 Å². The molecule has 1 amide bonds. The van der Waals surface area contributed by atoms with Gasteiger partial charge < -0.3 is 24.2 Å². The zero-order chi connectivity index (χ0) is 29.9. The molecule has 1 N–H and O–H groups in total. The highest BCUT2D eigenvalue weighted by Gasteiger charge is 2.15. The number of likely N-dealkylation sites (N-methyl/N-ethyl adjacent to an activating group) is 1. The van der Waals surface area contributed by atoms with Crippen molar-refractivity contribution in [1.82, 2.24) is 4.90 Å². The van der Waals surface area contributed by atoms with Gasteiger partial charge in [-0.05, 0) is 46.9 Å². The molecule has 0 saturated heterocycles. The fraction of sp³-hybridized carbons (Fsp3) is 0.286. The topological polar surface area (TPSA) is 68.2 Å². The van der Waals surface area contributed by atoms with Crippen molar-refractivity contribution in [1.29, 1.82) is 0 Å². The molecular weight excluding hydrogens is 514 g/mol. The van der Waals surface area contributed by atoms with Gasteiger partial charge in [0.05, 0.1) is 19.3 Å². The molecule has 0 bridgehead atoms. The van der Waals surface area contributed by atoms with Gasteiger partial charge in [0, 0.05) is 14.2 Å². The minimum absolute atomic E-state index is 0.199. The van der Waals surface area contributed by atoms with Crippen molar-refractivity contribution < 1.29 is 24.1 Å². The van der Waals surface area contributed by atoms with Crippen LogP contribution in [0.3, 0.4) is 0 Å². The standard InChI is InChI=1S/C25H27NO4.C8H10O.C2H6/c1-19-8-6-7-11-22(19)17-30-25-14-21(23(28)15-26(2)18-27)12-13-24(25)29-16-20-9-4-3-5-10-20;1-9-7-8-5-3-2-4-6-8;1-2/h3-14,18,23,28H,15-17H2,1-2H3;2-6H,7H2,1H3;1-2H3. The van der Waals surface area contributed by atoms with Crippen molar-refractivity contribution in [3.63, 3.8) is 0 Å². The maximum atomic E-state index is 10.9. The molecule has 0 aromatic heterocycles. The lowest BCUT2D eigenvalue weighted by Crippen LogP contribution is -2.22. The predicted octanol–water partition coefficient (Wildman–Crippen LogP) is 7.13. The fourth-order valence-electron chi connectivity index (χ4n) is 3.79. The number of aliphatic hydroxyl groups excluding tert-OH is 1. The Balaban J connectivity index is 0.000000450. The minimum Gasteiger partial charge on any atom is -0.485 e. The van der Waals surface area contributed by atoms with Gasteiger partial charge >= 0.3 is 0 Å². The van der Waals surface area contributed by atoms with Gasteiger partial charge in [0.25, 0.3) is 0 Å². The van der Waals surface area contributed by atoms with Crippen LogP contribution in [0.1, 0.15) is 47.8 Å². The van der Waals surface area contributed by atoms with E-state index in [0.29, 0.717) is 43.3 Å². The maximum Gasteiger partial charge on any atom is 0.209 e. The first-order valence-electron chi connectivity index (χ1n) is 13.8. The van der Waals surface area contributed by atoms with Crippen LogP contribution in [-0.2, 0) is 29.4 Å². The first-order valence-corrected chi connectivity index (χ1v) is 13.8. The summed E-state index contributed by atoms with van der Waals surface area (Å²) in [6, 6.07) is 33.4. The van der Waals surface area contributed by atoms with E-state index in [9.17, 15) is 9.90 Å². The summed E-state index contributed by atoms with van der Waals surface area (Å²) in [6.45, 7) is 7.76. The number of amides is 1. The summed E-state index contributed by atoms with van der Waals surface area (Å²) in [7, 11) is 3.33. The first kappa shape index (κ1) is 33.1. The summed E-state index contributed by atoms with van der Waals surface area (Å²) in [5.74, 6) is 1.16. The van der Waals surface area contributed by atoms with E-state index >= 15 is 0 Å². The Bertz CT molecular complexity index is 1260. The number of rotatable bonds is 12. The zero-order valence-electron chi connectivity index (χ0n) is 24.8. The molecule has 6 nitrogen and oxygen atoms in total. The van der Waals surface area contributed by atoms with E-state index < -0.39 is 6.10 Å². The Hall–Kier alpha value is -4.13. The van der Waals surface area contributed by atoms with E-state index in [1.807, 2.05) is 106 Å². The molecule has 4 rings (SSSR count). The van der Waals surface area contributed by atoms with Gasteiger partial charge in [-0.1, -0.05) is 105 Å². The molecule has 41 heavy (non-hydrogen) atoms. The SMILES string of the molecule is CC.COCc1ccccc1.Cc1ccccc1COc1cc(C(O)CN(C)C=O)ccc1OCc1ccccc1. The number of hydrogen-bond donors (Lipinski definition) is 1. The molecule has 0 aliphatic rings. The Morgan fingerprint density at radius 2 is 1.32 bits per heavy atom. The van der Waals surface area contributed by atoms with Crippen LogP contribution < -0.4 is 9.47 Å². The molecule has 0 radical (unpaired) electrons. The van der Waals surface area contributed by atoms with E-state index in [1.54, 1.807) is 32.4 Å². The third kappa shape index (κ3) is 11.9. The highest BCUT2D eigenvalue weighted by atomic mass is 16.5. The van der Waals surface area contributed by atoms with Crippen molar-refractivity contribution in [2.75, 3.05) is 20.7 Å². The summed E-state index contributed by atoms with van der Waals surface area (Å²) in [5.41, 5.74) is 5.17. The molecule has 218 valence electrons. The van der Waals surface area contributed by atoms with Crippen LogP contribution in [0.5, 0.6) is 11.5 Å². The van der Waals surface area contributed by atoms with E-state index in [2.05, 4.69) is 0 Å². The molecule has 4 aromatic carbocycles. The Labute approximate surface area is 245 Å². The van der Waals surface area contributed by atoms with Gasteiger partial charge in [-0.2, -0.15) is 0 Å². The Morgan fingerprint density at radius 1 is 0.756 bits per heavy atom. The number of carbonyl (C=O) groups is 1. The van der Waals surface area contributed by atoms with Crippen LogP contribution in [0.4, 0.5) is 0 Å². The molecule has 0 saturated carbocycles. The summed E-state index contributed by atoms with van der Waals surface area (Å²) in [4.78, 5) is 12.3. The average Bonchev–Trinajstić information content (AvgIpc) is 3.02. The largest absolute Gasteiger partial charge is 0.485 e. The third-order valence-electron chi connectivity index (χ3n) is 6.03. The predicted molar refractivity (Wildman–Crippen MR) is 165 cm³/mol. The van der Waals surface area contributed by atoms with Crippen LogP contribution >= 0.6 is 0 Å². The van der Waals surface area contributed by atoms with Crippen LogP contribution in [0.15, 0.2) is 103 Å². The van der Waals surface area contributed by atoms with Gasteiger partial charge in [-0.25, -0.2) is 0 Å². The van der Waals surface area contributed by atoms with Crippen LogP contribution in [0, 0.1) is 6.92 Å². The summed E-state index contributed by atoms with van der Waals surface area (Å²) in [6.07, 6.45) is -0.125. The quantitative estimate of drug-likeness (QED) is 0.188. The molecule has 6 heteroatoms. The minimum atomic E-state index is -0.816. The van der Waals surface area contributed by atoms with E-state index in [1.165, 1.54) is 10.5 Å². The lowest BCUT2D eigenvalue weighted by Gasteiger charge is -2.19. The Kier molecular flexibility index (Phi) is 15.4. The van der Waals surface area contributed by atoms with Gasteiger partial charge in [-0.3, -0.25) is 4.79 Å². The van der Waals surface area contributed by atoms with Crippen molar-refractivity contribution in [3.8, 4) is 11.5 Å². The van der Waals surface area contributed by atoms with E-state index in [4.69, 9.17) is 14.2 Å².